The minimum absolute atomic E-state index is 0.133. The molecule has 2 aliphatic heterocycles. The van der Waals surface area contributed by atoms with Crippen molar-refractivity contribution >= 4 is 33.6 Å². The maximum absolute atomic E-state index is 11.5. The van der Waals surface area contributed by atoms with Crippen LogP contribution in [-0.2, 0) is 14.6 Å². The largest absolute Gasteiger partial charge is 0.356 e. The molecule has 1 unspecified atom stereocenters. The Hall–Kier alpha value is -0.890. The van der Waals surface area contributed by atoms with Gasteiger partial charge >= 0.3 is 0 Å². The maximum Gasteiger partial charge on any atom is 0.209 e. The third-order valence-electron chi connectivity index (χ3n) is 3.66. The van der Waals surface area contributed by atoms with Crippen LogP contribution in [0.1, 0.15) is 13.3 Å². The second kappa shape index (κ2) is 5.24. The standard InChI is InChI=1S/C11H19N3O3S2/c1-11(2-7-19(16,17)8-11)12-10(18)14-5-3-13(9-15)4-6-14/h9H,2-8H2,1H3,(H,12,18). The van der Waals surface area contributed by atoms with Crippen molar-refractivity contribution in [2.75, 3.05) is 37.7 Å². The highest BCUT2D eigenvalue weighted by Gasteiger charge is 2.39. The topological polar surface area (TPSA) is 69.7 Å². The molecule has 2 heterocycles. The predicted molar refractivity (Wildman–Crippen MR) is 76.6 cm³/mol. The molecular weight excluding hydrogens is 286 g/mol. The van der Waals surface area contributed by atoms with Gasteiger partial charge in [0, 0.05) is 26.2 Å². The number of nitrogens with one attached hydrogen (secondary N) is 1. The van der Waals surface area contributed by atoms with Gasteiger partial charge in [-0.15, -0.1) is 0 Å². The van der Waals surface area contributed by atoms with E-state index in [4.69, 9.17) is 12.2 Å². The lowest BCUT2D eigenvalue weighted by Gasteiger charge is -2.37. The first-order valence-corrected chi connectivity index (χ1v) is 8.53. The Bertz CT molecular complexity index is 472. The molecule has 0 aromatic carbocycles. The molecule has 2 rings (SSSR count). The molecule has 0 saturated carbocycles. The molecule has 0 bridgehead atoms. The fraction of sp³-hybridized carbons (Fsp3) is 0.818. The Morgan fingerprint density at radius 2 is 1.95 bits per heavy atom. The second-order valence-electron chi connectivity index (χ2n) is 5.46. The van der Waals surface area contributed by atoms with E-state index in [-0.39, 0.29) is 11.5 Å². The number of amides is 1. The van der Waals surface area contributed by atoms with Crippen LogP contribution in [0, 0.1) is 0 Å². The average Bonchev–Trinajstić information content (AvgIpc) is 2.63. The van der Waals surface area contributed by atoms with E-state index in [1.165, 1.54) is 0 Å². The van der Waals surface area contributed by atoms with Crippen molar-refractivity contribution in [3.05, 3.63) is 0 Å². The molecular formula is C11H19N3O3S2. The highest BCUT2D eigenvalue weighted by Crippen LogP contribution is 2.23. The van der Waals surface area contributed by atoms with Gasteiger partial charge in [-0.25, -0.2) is 8.42 Å². The highest BCUT2D eigenvalue weighted by atomic mass is 32.2. The molecule has 6 nitrogen and oxygen atoms in total. The lowest BCUT2D eigenvalue weighted by atomic mass is 10.0. The molecule has 1 N–H and O–H groups in total. The summed E-state index contributed by atoms with van der Waals surface area (Å²) < 4.78 is 23.1. The van der Waals surface area contributed by atoms with Crippen LogP contribution in [0.3, 0.4) is 0 Å². The van der Waals surface area contributed by atoms with E-state index in [1.807, 2.05) is 11.8 Å². The van der Waals surface area contributed by atoms with Gasteiger partial charge < -0.3 is 15.1 Å². The Labute approximate surface area is 119 Å². The fourth-order valence-corrected chi connectivity index (χ4v) is 5.00. The van der Waals surface area contributed by atoms with Gasteiger partial charge in [-0.1, -0.05) is 0 Å². The summed E-state index contributed by atoms with van der Waals surface area (Å²) >= 11 is 5.35. The number of piperazine rings is 1. The third kappa shape index (κ3) is 3.56. The molecule has 8 heteroatoms. The van der Waals surface area contributed by atoms with Crippen molar-refractivity contribution in [3.63, 3.8) is 0 Å². The van der Waals surface area contributed by atoms with Crippen LogP contribution in [-0.4, -0.2) is 73.0 Å². The zero-order valence-electron chi connectivity index (χ0n) is 11.0. The summed E-state index contributed by atoms with van der Waals surface area (Å²) in [7, 11) is -2.94. The summed E-state index contributed by atoms with van der Waals surface area (Å²) in [5.74, 6) is 0.354. The van der Waals surface area contributed by atoms with E-state index in [9.17, 15) is 13.2 Å². The van der Waals surface area contributed by atoms with Crippen LogP contribution in [0.2, 0.25) is 0 Å². The van der Waals surface area contributed by atoms with Crippen molar-refractivity contribution in [1.82, 2.24) is 15.1 Å². The van der Waals surface area contributed by atoms with E-state index in [1.54, 1.807) is 4.90 Å². The minimum atomic E-state index is -2.94. The molecule has 1 atom stereocenters. The average molecular weight is 305 g/mol. The molecule has 19 heavy (non-hydrogen) atoms. The van der Waals surface area contributed by atoms with Crippen molar-refractivity contribution in [3.8, 4) is 0 Å². The first-order chi connectivity index (χ1) is 8.84. The van der Waals surface area contributed by atoms with E-state index in [0.717, 1.165) is 6.41 Å². The Morgan fingerprint density at radius 3 is 2.42 bits per heavy atom. The van der Waals surface area contributed by atoms with Gasteiger partial charge in [0.1, 0.15) is 0 Å². The second-order valence-corrected chi connectivity index (χ2v) is 8.03. The van der Waals surface area contributed by atoms with Crippen molar-refractivity contribution in [2.24, 2.45) is 0 Å². The van der Waals surface area contributed by atoms with Crippen molar-refractivity contribution in [2.45, 2.75) is 18.9 Å². The molecule has 2 aliphatic rings. The van der Waals surface area contributed by atoms with Crippen LogP contribution in [0.5, 0.6) is 0 Å². The number of hydrogen-bond donors (Lipinski definition) is 1. The normalized spacial score (nSPS) is 30.2. The first-order valence-electron chi connectivity index (χ1n) is 6.30. The van der Waals surface area contributed by atoms with Gasteiger partial charge in [0.05, 0.1) is 17.0 Å². The monoisotopic (exact) mass is 305 g/mol. The molecule has 0 aromatic heterocycles. The molecule has 0 aliphatic carbocycles. The summed E-state index contributed by atoms with van der Waals surface area (Å²) in [5, 5.41) is 3.77. The summed E-state index contributed by atoms with van der Waals surface area (Å²) in [5.41, 5.74) is -0.461. The van der Waals surface area contributed by atoms with Crippen LogP contribution in [0.15, 0.2) is 0 Å². The maximum atomic E-state index is 11.5. The lowest BCUT2D eigenvalue weighted by molar-refractivity contribution is -0.119. The number of hydrogen-bond acceptors (Lipinski definition) is 4. The smallest absolute Gasteiger partial charge is 0.209 e. The number of nitrogens with zero attached hydrogens (tertiary/aromatic N) is 2. The molecule has 2 fully saturated rings. The summed E-state index contributed by atoms with van der Waals surface area (Å²) in [6.07, 6.45) is 1.43. The van der Waals surface area contributed by atoms with Gasteiger partial charge in [0.2, 0.25) is 6.41 Å². The Morgan fingerprint density at radius 1 is 1.32 bits per heavy atom. The predicted octanol–water partition coefficient (Wildman–Crippen LogP) is -0.788. The lowest BCUT2D eigenvalue weighted by Crippen LogP contribution is -2.56. The SMILES string of the molecule is CC1(NC(=S)N2CCN(C=O)CC2)CCS(=O)(=O)C1. The number of thiocarbonyl (C=S) groups is 1. The number of rotatable bonds is 2. The zero-order valence-corrected chi connectivity index (χ0v) is 12.6. The molecule has 108 valence electrons. The quantitative estimate of drug-likeness (QED) is 0.533. The Kier molecular flexibility index (Phi) is 4.00. The molecule has 0 radical (unpaired) electrons. The minimum Gasteiger partial charge on any atom is -0.356 e. The molecule has 0 aromatic rings. The van der Waals surface area contributed by atoms with Crippen LogP contribution >= 0.6 is 12.2 Å². The van der Waals surface area contributed by atoms with Gasteiger partial charge in [-0.3, -0.25) is 4.79 Å². The van der Waals surface area contributed by atoms with Gasteiger partial charge in [-0.05, 0) is 25.6 Å². The first kappa shape index (κ1) is 14.5. The van der Waals surface area contributed by atoms with Crippen LogP contribution in [0.25, 0.3) is 0 Å². The molecule has 1 amide bonds. The van der Waals surface area contributed by atoms with Crippen LogP contribution < -0.4 is 5.32 Å². The van der Waals surface area contributed by atoms with Crippen LogP contribution in [0.4, 0.5) is 0 Å². The fourth-order valence-electron chi connectivity index (χ4n) is 2.48. The summed E-state index contributed by atoms with van der Waals surface area (Å²) in [4.78, 5) is 14.3. The van der Waals surface area contributed by atoms with E-state index in [0.29, 0.717) is 37.7 Å². The van der Waals surface area contributed by atoms with E-state index >= 15 is 0 Å². The van der Waals surface area contributed by atoms with Gasteiger partial charge in [0.15, 0.2) is 14.9 Å². The van der Waals surface area contributed by atoms with Gasteiger partial charge in [0.25, 0.3) is 0 Å². The number of sulfone groups is 1. The summed E-state index contributed by atoms with van der Waals surface area (Å²) in [6, 6.07) is 0. The zero-order chi connectivity index (χ0) is 14.1. The van der Waals surface area contributed by atoms with E-state index in [2.05, 4.69) is 5.32 Å². The number of carbonyl (C=O) groups is 1. The van der Waals surface area contributed by atoms with Crippen molar-refractivity contribution < 1.29 is 13.2 Å². The summed E-state index contributed by atoms with van der Waals surface area (Å²) in [6.45, 7) is 4.58. The highest BCUT2D eigenvalue weighted by molar-refractivity contribution is 7.91. The third-order valence-corrected chi connectivity index (χ3v) is 5.93. The Balaban J connectivity index is 1.90. The van der Waals surface area contributed by atoms with E-state index < -0.39 is 15.4 Å². The van der Waals surface area contributed by atoms with Gasteiger partial charge in [-0.2, -0.15) is 0 Å². The molecule has 2 saturated heterocycles. The molecule has 0 spiro atoms. The number of carbonyl (C=O) groups excluding carboxylic acids is 1. The van der Waals surface area contributed by atoms with Crippen molar-refractivity contribution in [1.29, 1.82) is 0 Å².